The van der Waals surface area contributed by atoms with Crippen LogP contribution in [0.15, 0.2) is 0 Å². The summed E-state index contributed by atoms with van der Waals surface area (Å²) >= 11 is 0. The lowest BCUT2D eigenvalue weighted by Crippen LogP contribution is -2.55. The zero-order chi connectivity index (χ0) is 14.8. The van der Waals surface area contributed by atoms with Gasteiger partial charge in [-0.2, -0.15) is 0 Å². The fraction of sp³-hybridized carbons (Fsp3) is 0.938. The highest BCUT2D eigenvalue weighted by molar-refractivity contribution is 5.83. The molecule has 2 atom stereocenters. The first kappa shape index (κ1) is 15.8. The van der Waals surface area contributed by atoms with Crippen LogP contribution < -0.4 is 11.1 Å². The summed E-state index contributed by atoms with van der Waals surface area (Å²) < 4.78 is 0. The van der Waals surface area contributed by atoms with Gasteiger partial charge in [0.2, 0.25) is 5.91 Å². The van der Waals surface area contributed by atoms with Crippen molar-refractivity contribution in [1.82, 2.24) is 10.2 Å². The number of nitrogens with one attached hydrogen (secondary N) is 1. The molecule has 4 heteroatoms. The lowest BCUT2D eigenvalue weighted by molar-refractivity contribution is -0.134. The van der Waals surface area contributed by atoms with Gasteiger partial charge in [-0.05, 0) is 57.5 Å². The summed E-state index contributed by atoms with van der Waals surface area (Å²) in [7, 11) is 2.15. The molecule has 2 unspecified atom stereocenters. The van der Waals surface area contributed by atoms with Crippen molar-refractivity contribution in [3.8, 4) is 0 Å². The third-order valence-corrected chi connectivity index (χ3v) is 5.53. The zero-order valence-corrected chi connectivity index (χ0v) is 13.3. The summed E-state index contributed by atoms with van der Waals surface area (Å²) in [5, 5.41) is 3.32. The Morgan fingerprint density at radius 2 is 1.95 bits per heavy atom. The van der Waals surface area contributed by atoms with E-state index in [0.717, 1.165) is 51.1 Å². The maximum atomic E-state index is 12.7. The molecule has 116 valence electrons. The molecule has 1 saturated heterocycles. The van der Waals surface area contributed by atoms with E-state index in [1.807, 2.05) is 0 Å². The molecule has 20 heavy (non-hydrogen) atoms. The predicted molar refractivity (Wildman–Crippen MR) is 82.3 cm³/mol. The maximum absolute atomic E-state index is 12.7. The van der Waals surface area contributed by atoms with E-state index in [1.165, 1.54) is 0 Å². The van der Waals surface area contributed by atoms with E-state index in [4.69, 9.17) is 5.73 Å². The average molecular weight is 281 g/mol. The lowest BCUT2D eigenvalue weighted by atomic mass is 9.70. The Kier molecular flexibility index (Phi) is 5.08. The molecule has 0 bridgehead atoms. The number of rotatable bonds is 3. The summed E-state index contributed by atoms with van der Waals surface area (Å²) in [6, 6.07) is 0.321. The molecule has 1 aliphatic carbocycles. The van der Waals surface area contributed by atoms with E-state index in [-0.39, 0.29) is 11.3 Å². The van der Waals surface area contributed by atoms with Crippen LogP contribution in [0, 0.1) is 17.3 Å². The topological polar surface area (TPSA) is 58.4 Å². The van der Waals surface area contributed by atoms with Gasteiger partial charge < -0.3 is 16.0 Å². The highest BCUT2D eigenvalue weighted by Crippen LogP contribution is 2.38. The molecule has 0 aromatic heterocycles. The van der Waals surface area contributed by atoms with Crippen molar-refractivity contribution < 1.29 is 4.79 Å². The second-order valence-corrected chi connectivity index (χ2v) is 7.28. The van der Waals surface area contributed by atoms with E-state index >= 15 is 0 Å². The van der Waals surface area contributed by atoms with Gasteiger partial charge in [-0.25, -0.2) is 0 Å². The average Bonchev–Trinajstić information content (AvgIpc) is 2.43. The van der Waals surface area contributed by atoms with Crippen LogP contribution in [0.5, 0.6) is 0 Å². The second kappa shape index (κ2) is 6.44. The fourth-order valence-electron chi connectivity index (χ4n) is 3.73. The predicted octanol–water partition coefficient (Wildman–Crippen LogP) is 1.60. The van der Waals surface area contributed by atoms with Crippen molar-refractivity contribution in [1.29, 1.82) is 0 Å². The number of amides is 1. The number of likely N-dealkylation sites (tertiary alicyclic amines) is 1. The Bertz CT molecular complexity index is 337. The Morgan fingerprint density at radius 1 is 1.30 bits per heavy atom. The van der Waals surface area contributed by atoms with E-state index in [0.29, 0.717) is 18.5 Å². The van der Waals surface area contributed by atoms with Gasteiger partial charge in [-0.15, -0.1) is 0 Å². The third kappa shape index (κ3) is 3.34. The molecule has 2 rings (SSSR count). The smallest absolute Gasteiger partial charge is 0.227 e. The summed E-state index contributed by atoms with van der Waals surface area (Å²) in [6.45, 7) is 7.14. The number of nitrogens with zero attached hydrogens (tertiary/aromatic N) is 1. The van der Waals surface area contributed by atoms with Crippen LogP contribution in [0.2, 0.25) is 0 Å². The van der Waals surface area contributed by atoms with Crippen molar-refractivity contribution >= 4 is 5.91 Å². The second-order valence-electron chi connectivity index (χ2n) is 7.28. The SMILES string of the molecule is CC1CCC(CN)(C(=O)NC2CCN(C)CC2C)CC1. The molecule has 1 heterocycles. The molecule has 2 aliphatic rings. The number of piperidine rings is 1. The van der Waals surface area contributed by atoms with Crippen LogP contribution in [0.3, 0.4) is 0 Å². The zero-order valence-electron chi connectivity index (χ0n) is 13.3. The largest absolute Gasteiger partial charge is 0.352 e. The first-order valence-electron chi connectivity index (χ1n) is 8.16. The van der Waals surface area contributed by atoms with Gasteiger partial charge in [0.25, 0.3) is 0 Å². The molecule has 0 aromatic rings. The van der Waals surface area contributed by atoms with Crippen molar-refractivity contribution in [3.05, 3.63) is 0 Å². The van der Waals surface area contributed by atoms with Gasteiger partial charge in [0.15, 0.2) is 0 Å². The Labute approximate surface area is 123 Å². The number of hydrogen-bond acceptors (Lipinski definition) is 3. The van der Waals surface area contributed by atoms with Crippen molar-refractivity contribution in [2.45, 2.75) is 52.0 Å². The van der Waals surface area contributed by atoms with Gasteiger partial charge in [0, 0.05) is 19.1 Å². The van der Waals surface area contributed by atoms with Crippen molar-refractivity contribution in [3.63, 3.8) is 0 Å². The van der Waals surface area contributed by atoms with Gasteiger partial charge in [0.05, 0.1) is 5.41 Å². The van der Waals surface area contributed by atoms with E-state index in [9.17, 15) is 4.79 Å². The number of carbonyl (C=O) groups is 1. The van der Waals surface area contributed by atoms with Crippen LogP contribution in [0.4, 0.5) is 0 Å². The van der Waals surface area contributed by atoms with Gasteiger partial charge in [-0.3, -0.25) is 4.79 Å². The minimum atomic E-state index is -0.296. The van der Waals surface area contributed by atoms with E-state index < -0.39 is 0 Å². The molecule has 0 aromatic carbocycles. The van der Waals surface area contributed by atoms with Crippen LogP contribution in [0.25, 0.3) is 0 Å². The molecule has 0 spiro atoms. The van der Waals surface area contributed by atoms with E-state index in [1.54, 1.807) is 0 Å². The molecule has 3 N–H and O–H groups in total. The number of carbonyl (C=O) groups excluding carboxylic acids is 1. The first-order valence-corrected chi connectivity index (χ1v) is 8.16. The van der Waals surface area contributed by atoms with Crippen LogP contribution in [0.1, 0.15) is 46.0 Å². The highest BCUT2D eigenvalue weighted by Gasteiger charge is 2.41. The number of nitrogens with two attached hydrogens (primary N) is 1. The Hall–Kier alpha value is -0.610. The molecule has 1 saturated carbocycles. The Morgan fingerprint density at radius 3 is 2.50 bits per heavy atom. The minimum Gasteiger partial charge on any atom is -0.352 e. The van der Waals surface area contributed by atoms with Crippen LogP contribution >= 0.6 is 0 Å². The monoisotopic (exact) mass is 281 g/mol. The van der Waals surface area contributed by atoms with Crippen molar-refractivity contribution in [2.24, 2.45) is 23.0 Å². The summed E-state index contributed by atoms with van der Waals surface area (Å²) in [5.41, 5.74) is 5.68. The number of hydrogen-bond donors (Lipinski definition) is 2. The Balaban J connectivity index is 1.96. The molecular weight excluding hydrogens is 250 g/mol. The molecule has 1 amide bonds. The fourth-order valence-corrected chi connectivity index (χ4v) is 3.73. The maximum Gasteiger partial charge on any atom is 0.227 e. The lowest BCUT2D eigenvalue weighted by Gasteiger charge is -2.41. The normalized spacial score (nSPS) is 39.5. The van der Waals surface area contributed by atoms with Gasteiger partial charge in [-0.1, -0.05) is 13.8 Å². The summed E-state index contributed by atoms with van der Waals surface area (Å²) in [5.74, 6) is 1.48. The minimum absolute atomic E-state index is 0.216. The summed E-state index contributed by atoms with van der Waals surface area (Å²) in [4.78, 5) is 15.1. The van der Waals surface area contributed by atoms with Gasteiger partial charge >= 0.3 is 0 Å². The third-order valence-electron chi connectivity index (χ3n) is 5.53. The molecule has 0 radical (unpaired) electrons. The first-order chi connectivity index (χ1) is 9.47. The van der Waals surface area contributed by atoms with Crippen LogP contribution in [-0.4, -0.2) is 43.5 Å². The standard InChI is InChI=1S/C16H31N3O/c1-12-4-7-16(11-17,8-5-12)15(20)18-14-6-9-19(3)10-13(14)2/h12-14H,4-11,17H2,1-3H3,(H,18,20). The highest BCUT2D eigenvalue weighted by atomic mass is 16.2. The van der Waals surface area contributed by atoms with Crippen LogP contribution in [-0.2, 0) is 4.79 Å². The molecule has 2 fully saturated rings. The van der Waals surface area contributed by atoms with E-state index in [2.05, 4.69) is 31.1 Å². The summed E-state index contributed by atoms with van der Waals surface area (Å²) in [6.07, 6.45) is 5.23. The molecule has 4 nitrogen and oxygen atoms in total. The molecular formula is C16H31N3O. The molecule has 1 aliphatic heterocycles. The van der Waals surface area contributed by atoms with Gasteiger partial charge in [0.1, 0.15) is 0 Å². The van der Waals surface area contributed by atoms with Crippen molar-refractivity contribution in [2.75, 3.05) is 26.7 Å². The quantitative estimate of drug-likeness (QED) is 0.826.